The number of phenols is 1. The van der Waals surface area contributed by atoms with Gasteiger partial charge in [0, 0.05) is 5.39 Å². The minimum Gasteiger partial charge on any atom is -0.508 e. The van der Waals surface area contributed by atoms with Crippen LogP contribution in [0.15, 0.2) is 48.5 Å². The van der Waals surface area contributed by atoms with Crippen LogP contribution >= 0.6 is 0 Å². The summed E-state index contributed by atoms with van der Waals surface area (Å²) in [5.74, 6) is -1.94. The number of phenolic OH excluding ortho intramolecular Hbond substituents is 1. The molecule has 4 rings (SSSR count). The van der Waals surface area contributed by atoms with Crippen LogP contribution in [0.4, 0.5) is 0 Å². The quantitative estimate of drug-likeness (QED) is 0.462. The van der Waals surface area contributed by atoms with E-state index in [2.05, 4.69) is 10.6 Å². The fraction of sp³-hybridized carbons (Fsp3) is 0.200. The number of aromatic hydroxyl groups is 1. The lowest BCUT2D eigenvalue weighted by atomic mass is 9.85. The third-order valence-corrected chi connectivity index (χ3v) is 5.48. The summed E-state index contributed by atoms with van der Waals surface area (Å²) in [7, 11) is 0. The predicted octanol–water partition coefficient (Wildman–Crippen LogP) is 2.75. The first-order chi connectivity index (χ1) is 15.9. The predicted molar refractivity (Wildman–Crippen MR) is 124 cm³/mol. The minimum atomic E-state index is -1.16. The number of aliphatic carboxylic acids is 1. The van der Waals surface area contributed by atoms with Crippen molar-refractivity contribution in [3.8, 4) is 5.75 Å². The van der Waals surface area contributed by atoms with Crippen LogP contribution in [0.1, 0.15) is 40.0 Å². The van der Waals surface area contributed by atoms with Gasteiger partial charge in [-0.2, -0.15) is 0 Å². The highest BCUT2D eigenvalue weighted by molar-refractivity contribution is 6.09. The maximum Gasteiger partial charge on any atom is 0.322 e. The number of benzene rings is 2. The molecule has 0 saturated carbocycles. The number of carbonyl (C=O) groups is 3. The van der Waals surface area contributed by atoms with Crippen LogP contribution < -0.4 is 10.6 Å². The van der Waals surface area contributed by atoms with Crippen molar-refractivity contribution >= 4 is 40.3 Å². The van der Waals surface area contributed by atoms with Crippen LogP contribution in [-0.2, 0) is 16.0 Å². The molecule has 0 bridgehead atoms. The molecule has 2 aromatic carbocycles. The smallest absolute Gasteiger partial charge is 0.322 e. The van der Waals surface area contributed by atoms with Crippen LogP contribution in [0.3, 0.4) is 0 Å². The minimum absolute atomic E-state index is 0.191. The number of carboxylic acid groups (broad SMARTS) is 1. The van der Waals surface area contributed by atoms with E-state index in [0.29, 0.717) is 22.9 Å². The highest BCUT2D eigenvalue weighted by atomic mass is 16.4. The molecule has 0 saturated heterocycles. The SMILES string of the molecule is O=C(O)CNC(=O)CNC(=O)c1c2c(nc3ccccc13)/C(=C/c1ccc(O)cc1)CCC2. The number of carbonyl (C=O) groups excluding carboxylic acids is 2. The van der Waals surface area contributed by atoms with Gasteiger partial charge in [-0.25, -0.2) is 4.98 Å². The molecule has 3 aromatic rings. The molecule has 0 spiro atoms. The summed E-state index contributed by atoms with van der Waals surface area (Å²) in [6.07, 6.45) is 4.34. The van der Waals surface area contributed by atoms with Crippen LogP contribution in [0, 0.1) is 0 Å². The van der Waals surface area contributed by atoms with Gasteiger partial charge in [0.05, 0.1) is 23.3 Å². The van der Waals surface area contributed by atoms with E-state index in [0.717, 1.165) is 35.2 Å². The van der Waals surface area contributed by atoms with Crippen LogP contribution in [0.2, 0.25) is 0 Å². The maximum atomic E-state index is 13.2. The van der Waals surface area contributed by atoms with E-state index in [1.54, 1.807) is 12.1 Å². The molecule has 168 valence electrons. The van der Waals surface area contributed by atoms with Crippen molar-refractivity contribution < 1.29 is 24.6 Å². The van der Waals surface area contributed by atoms with Crippen molar-refractivity contribution in [2.45, 2.75) is 19.3 Å². The molecule has 4 N–H and O–H groups in total. The summed E-state index contributed by atoms with van der Waals surface area (Å²) < 4.78 is 0. The molecule has 1 aromatic heterocycles. The van der Waals surface area contributed by atoms with Gasteiger partial charge in [-0.05, 0) is 60.2 Å². The van der Waals surface area contributed by atoms with Gasteiger partial charge in [-0.3, -0.25) is 14.4 Å². The molecule has 2 amide bonds. The van der Waals surface area contributed by atoms with Crippen molar-refractivity contribution in [3.05, 3.63) is 70.9 Å². The number of hydrogen-bond donors (Lipinski definition) is 4. The van der Waals surface area contributed by atoms with E-state index in [1.165, 1.54) is 0 Å². The lowest BCUT2D eigenvalue weighted by Crippen LogP contribution is -2.39. The second-order valence-electron chi connectivity index (χ2n) is 7.80. The molecule has 0 aliphatic heterocycles. The summed E-state index contributed by atoms with van der Waals surface area (Å²) in [5.41, 5.74) is 4.67. The summed E-state index contributed by atoms with van der Waals surface area (Å²) >= 11 is 0. The number of allylic oxidation sites excluding steroid dienone is 1. The zero-order valence-electron chi connectivity index (χ0n) is 17.8. The number of aromatic nitrogens is 1. The first-order valence-corrected chi connectivity index (χ1v) is 10.6. The molecule has 1 aliphatic carbocycles. The van der Waals surface area contributed by atoms with Gasteiger partial charge >= 0.3 is 5.97 Å². The molecule has 33 heavy (non-hydrogen) atoms. The fourth-order valence-electron chi connectivity index (χ4n) is 3.99. The van der Waals surface area contributed by atoms with E-state index < -0.39 is 24.3 Å². The number of amides is 2. The lowest BCUT2D eigenvalue weighted by Gasteiger charge is -2.23. The highest BCUT2D eigenvalue weighted by Crippen LogP contribution is 2.36. The van der Waals surface area contributed by atoms with Gasteiger partial charge in [-0.15, -0.1) is 0 Å². The molecular weight excluding hydrogens is 422 g/mol. The number of nitrogens with one attached hydrogen (secondary N) is 2. The Kier molecular flexibility index (Phi) is 6.35. The second-order valence-corrected chi connectivity index (χ2v) is 7.80. The number of carboxylic acids is 1. The van der Waals surface area contributed by atoms with Gasteiger partial charge in [0.25, 0.3) is 5.91 Å². The number of pyridine rings is 1. The Morgan fingerprint density at radius 2 is 1.73 bits per heavy atom. The average Bonchev–Trinajstić information content (AvgIpc) is 2.81. The Labute approximate surface area is 190 Å². The first-order valence-electron chi connectivity index (χ1n) is 10.6. The second kappa shape index (κ2) is 9.52. The topological polar surface area (TPSA) is 129 Å². The molecule has 8 heteroatoms. The van der Waals surface area contributed by atoms with Gasteiger partial charge in [0.15, 0.2) is 0 Å². The molecule has 8 nitrogen and oxygen atoms in total. The van der Waals surface area contributed by atoms with Crippen molar-refractivity contribution in [2.75, 3.05) is 13.1 Å². The van der Waals surface area contributed by atoms with Crippen LogP contribution in [0.5, 0.6) is 5.75 Å². The highest BCUT2D eigenvalue weighted by Gasteiger charge is 2.25. The maximum absolute atomic E-state index is 13.2. The van der Waals surface area contributed by atoms with Gasteiger partial charge in [0.1, 0.15) is 12.3 Å². The van der Waals surface area contributed by atoms with E-state index in [4.69, 9.17) is 10.1 Å². The molecule has 0 fully saturated rings. The third kappa shape index (κ3) is 5.01. The number of rotatable bonds is 6. The lowest BCUT2D eigenvalue weighted by molar-refractivity contribution is -0.137. The normalized spacial score (nSPS) is 14.0. The van der Waals surface area contributed by atoms with Gasteiger partial charge in [0.2, 0.25) is 5.91 Å². The van der Waals surface area contributed by atoms with Crippen molar-refractivity contribution in [1.29, 1.82) is 0 Å². The Balaban J connectivity index is 1.71. The zero-order valence-corrected chi connectivity index (χ0v) is 17.8. The summed E-state index contributed by atoms with van der Waals surface area (Å²) in [6, 6.07) is 14.3. The Morgan fingerprint density at radius 3 is 2.48 bits per heavy atom. The third-order valence-electron chi connectivity index (χ3n) is 5.48. The Morgan fingerprint density at radius 1 is 0.970 bits per heavy atom. The number of hydrogen-bond acceptors (Lipinski definition) is 5. The average molecular weight is 445 g/mol. The summed E-state index contributed by atoms with van der Waals surface area (Å²) in [5, 5.41) is 23.8. The van der Waals surface area contributed by atoms with Gasteiger partial charge < -0.3 is 20.8 Å². The van der Waals surface area contributed by atoms with Crippen molar-refractivity contribution in [1.82, 2.24) is 15.6 Å². The van der Waals surface area contributed by atoms with E-state index >= 15 is 0 Å². The van der Waals surface area contributed by atoms with E-state index in [9.17, 15) is 19.5 Å². The van der Waals surface area contributed by atoms with Crippen LogP contribution in [-0.4, -0.2) is 46.1 Å². The van der Waals surface area contributed by atoms with Crippen molar-refractivity contribution in [2.24, 2.45) is 0 Å². The molecule has 0 unspecified atom stereocenters. The Hall–Kier alpha value is -4.20. The van der Waals surface area contributed by atoms with Gasteiger partial charge in [-0.1, -0.05) is 30.3 Å². The summed E-state index contributed by atoms with van der Waals surface area (Å²) in [4.78, 5) is 40.6. The molecule has 0 atom stereocenters. The fourth-order valence-corrected chi connectivity index (χ4v) is 3.99. The number of fused-ring (bicyclic) bond motifs is 2. The summed E-state index contributed by atoms with van der Waals surface area (Å²) in [6.45, 7) is -0.832. The largest absolute Gasteiger partial charge is 0.508 e. The number of para-hydroxylation sites is 1. The Bertz CT molecular complexity index is 1270. The zero-order chi connectivity index (χ0) is 23.4. The molecule has 0 radical (unpaired) electrons. The van der Waals surface area contributed by atoms with E-state index in [1.807, 2.05) is 42.5 Å². The van der Waals surface area contributed by atoms with Crippen molar-refractivity contribution in [3.63, 3.8) is 0 Å². The molecule has 1 heterocycles. The standard InChI is InChI=1S/C25H23N3O5/c29-17-10-8-15(9-11-17)12-16-4-3-6-19-23(18-5-1-2-7-20(18)28-24(16)19)25(33)27-13-21(30)26-14-22(31)32/h1-2,5,7-12,29H,3-4,6,13-14H2,(H,26,30)(H,27,33)(H,31,32)/b16-12+. The first kappa shape index (κ1) is 22.0. The monoisotopic (exact) mass is 445 g/mol. The van der Waals surface area contributed by atoms with Crippen LogP contribution in [0.25, 0.3) is 22.6 Å². The molecular formula is C25H23N3O5. The molecule has 1 aliphatic rings. The van der Waals surface area contributed by atoms with E-state index in [-0.39, 0.29) is 12.3 Å². The number of nitrogens with zero attached hydrogens (tertiary/aromatic N) is 1.